The molecule has 6 heteroatoms. The van der Waals surface area contributed by atoms with Crippen LogP contribution in [0.15, 0.2) is 30.3 Å². The van der Waals surface area contributed by atoms with Gasteiger partial charge >= 0.3 is 0 Å². The van der Waals surface area contributed by atoms with Crippen molar-refractivity contribution in [1.29, 1.82) is 5.26 Å². The molecular weight excluding hydrogens is 330 g/mol. The van der Waals surface area contributed by atoms with Gasteiger partial charge < -0.3 is 9.80 Å². The number of nitrogens with zero attached hydrogens (tertiary/aromatic N) is 5. The highest BCUT2D eigenvalue weighted by atomic mass is 32.1. The lowest BCUT2D eigenvalue weighted by atomic mass is 10.1. The van der Waals surface area contributed by atoms with Crippen molar-refractivity contribution < 1.29 is 0 Å². The van der Waals surface area contributed by atoms with Crippen LogP contribution in [-0.2, 0) is 0 Å². The molecule has 0 aliphatic carbocycles. The second-order valence-corrected chi connectivity index (χ2v) is 7.37. The minimum Gasteiger partial charge on any atom is -0.353 e. The maximum absolute atomic E-state index is 9.43. The summed E-state index contributed by atoms with van der Waals surface area (Å²) < 4.78 is 0. The van der Waals surface area contributed by atoms with Crippen molar-refractivity contribution in [3.8, 4) is 17.5 Å². The van der Waals surface area contributed by atoms with Crippen molar-refractivity contribution in [1.82, 2.24) is 14.9 Å². The predicted molar refractivity (Wildman–Crippen MR) is 102 cm³/mol. The minimum absolute atomic E-state index is 0.727. The van der Waals surface area contributed by atoms with E-state index in [-0.39, 0.29) is 0 Å². The molecule has 4 rings (SSSR count). The van der Waals surface area contributed by atoms with Crippen LogP contribution in [0.25, 0.3) is 21.6 Å². The number of nitriles is 1. The smallest absolute Gasteiger partial charge is 0.163 e. The van der Waals surface area contributed by atoms with E-state index < -0.39 is 0 Å². The van der Waals surface area contributed by atoms with Crippen molar-refractivity contribution in [2.75, 3.05) is 38.1 Å². The van der Waals surface area contributed by atoms with Crippen molar-refractivity contribution in [3.05, 3.63) is 40.8 Å². The largest absolute Gasteiger partial charge is 0.353 e. The Bertz CT molecular complexity index is 949. The number of fused-ring (bicyclic) bond motifs is 1. The first-order chi connectivity index (χ1) is 12.2. The standard InChI is InChI=1S/C19H19N5S/c1-13-15(12-20)25-19-16(13)18(24-10-8-23(2)9-11-24)21-17(22-19)14-6-4-3-5-7-14/h3-7H,8-11H2,1-2H3. The predicted octanol–water partition coefficient (Wildman–Crippen LogP) is 3.29. The quantitative estimate of drug-likeness (QED) is 0.710. The molecule has 0 amide bonds. The summed E-state index contributed by atoms with van der Waals surface area (Å²) in [6.07, 6.45) is 0. The molecule has 0 N–H and O–H groups in total. The van der Waals surface area contributed by atoms with Crippen LogP contribution in [0.4, 0.5) is 5.82 Å². The third-order valence-corrected chi connectivity index (χ3v) is 5.80. The Labute approximate surface area is 151 Å². The highest BCUT2D eigenvalue weighted by molar-refractivity contribution is 7.19. The fourth-order valence-electron chi connectivity index (χ4n) is 3.19. The topological polar surface area (TPSA) is 56.1 Å². The van der Waals surface area contributed by atoms with Gasteiger partial charge in [-0.3, -0.25) is 0 Å². The summed E-state index contributed by atoms with van der Waals surface area (Å²) in [5.74, 6) is 1.69. The number of hydrogen-bond acceptors (Lipinski definition) is 6. The van der Waals surface area contributed by atoms with Crippen molar-refractivity contribution >= 4 is 27.4 Å². The number of piperazine rings is 1. The molecule has 0 bridgehead atoms. The van der Waals surface area contributed by atoms with Gasteiger partial charge in [0.05, 0.1) is 5.39 Å². The van der Waals surface area contributed by atoms with Gasteiger partial charge in [0.15, 0.2) is 5.82 Å². The molecule has 0 saturated carbocycles. The summed E-state index contributed by atoms with van der Waals surface area (Å²) in [6, 6.07) is 12.4. The first kappa shape index (κ1) is 16.0. The second kappa shape index (κ2) is 6.43. The third-order valence-electron chi connectivity index (χ3n) is 4.71. The summed E-state index contributed by atoms with van der Waals surface area (Å²) in [5.41, 5.74) is 2.00. The van der Waals surface area contributed by atoms with Crippen LogP contribution >= 0.6 is 11.3 Å². The number of rotatable bonds is 2. The summed E-state index contributed by atoms with van der Waals surface area (Å²) in [7, 11) is 2.14. The van der Waals surface area contributed by atoms with Crippen LogP contribution < -0.4 is 4.90 Å². The number of hydrogen-bond donors (Lipinski definition) is 0. The lowest BCUT2D eigenvalue weighted by molar-refractivity contribution is 0.312. The van der Waals surface area contributed by atoms with Crippen LogP contribution in [0.3, 0.4) is 0 Å². The summed E-state index contributed by atoms with van der Waals surface area (Å²) >= 11 is 1.46. The average molecular weight is 349 g/mol. The van der Waals surface area contributed by atoms with Crippen molar-refractivity contribution in [3.63, 3.8) is 0 Å². The Morgan fingerprint density at radius 2 is 1.80 bits per heavy atom. The number of aryl methyl sites for hydroxylation is 1. The Kier molecular flexibility index (Phi) is 4.12. The highest BCUT2D eigenvalue weighted by Crippen LogP contribution is 2.36. The van der Waals surface area contributed by atoms with Crippen molar-refractivity contribution in [2.45, 2.75) is 6.92 Å². The molecule has 0 unspecified atom stereocenters. The maximum Gasteiger partial charge on any atom is 0.163 e. The van der Waals surface area contributed by atoms with Gasteiger partial charge in [-0.15, -0.1) is 11.3 Å². The molecular formula is C19H19N5S. The molecule has 3 heterocycles. The fraction of sp³-hybridized carbons (Fsp3) is 0.316. The van der Waals surface area contributed by atoms with E-state index in [9.17, 15) is 5.26 Å². The molecule has 5 nitrogen and oxygen atoms in total. The van der Waals surface area contributed by atoms with Crippen LogP contribution in [-0.4, -0.2) is 48.1 Å². The first-order valence-corrected chi connectivity index (χ1v) is 9.19. The van der Waals surface area contributed by atoms with E-state index in [1.54, 1.807) is 0 Å². The van der Waals surface area contributed by atoms with Crippen LogP contribution in [0.2, 0.25) is 0 Å². The number of aromatic nitrogens is 2. The van der Waals surface area contributed by atoms with Gasteiger partial charge in [0.25, 0.3) is 0 Å². The summed E-state index contributed by atoms with van der Waals surface area (Å²) in [4.78, 5) is 16.0. The molecule has 1 aliphatic heterocycles. The summed E-state index contributed by atoms with van der Waals surface area (Å²) in [6.45, 7) is 5.91. The number of anilines is 1. The van der Waals surface area contributed by atoms with Crippen molar-refractivity contribution in [2.24, 2.45) is 0 Å². The van der Waals surface area contributed by atoms with Crippen LogP contribution in [0.1, 0.15) is 10.4 Å². The van der Waals surface area contributed by atoms with E-state index in [2.05, 4.69) is 22.9 Å². The highest BCUT2D eigenvalue weighted by Gasteiger charge is 2.23. The fourth-order valence-corrected chi connectivity index (χ4v) is 4.16. The van der Waals surface area contributed by atoms with Crippen LogP contribution in [0, 0.1) is 18.3 Å². The van der Waals surface area contributed by atoms with Gasteiger partial charge in [-0.25, -0.2) is 9.97 Å². The molecule has 1 aromatic carbocycles. The molecule has 3 aromatic rings. The Morgan fingerprint density at radius 3 is 2.48 bits per heavy atom. The number of benzene rings is 1. The van der Waals surface area contributed by atoms with E-state index in [1.807, 2.05) is 37.3 Å². The third kappa shape index (κ3) is 2.86. The first-order valence-electron chi connectivity index (χ1n) is 8.37. The molecule has 1 fully saturated rings. The Hall–Kier alpha value is -2.49. The molecule has 0 radical (unpaired) electrons. The molecule has 2 aromatic heterocycles. The maximum atomic E-state index is 9.43. The van der Waals surface area contributed by atoms with Gasteiger partial charge in [0.2, 0.25) is 0 Å². The van der Waals surface area contributed by atoms with Gasteiger partial charge in [0, 0.05) is 31.7 Å². The lowest BCUT2D eigenvalue weighted by Crippen LogP contribution is -2.45. The zero-order valence-corrected chi connectivity index (χ0v) is 15.2. The van der Waals surface area contributed by atoms with E-state index in [1.165, 1.54) is 11.3 Å². The molecule has 0 spiro atoms. The molecule has 0 atom stereocenters. The minimum atomic E-state index is 0.727. The van der Waals surface area contributed by atoms with Gasteiger partial charge in [0.1, 0.15) is 21.6 Å². The van der Waals surface area contributed by atoms with E-state index in [4.69, 9.17) is 9.97 Å². The second-order valence-electron chi connectivity index (χ2n) is 6.38. The Morgan fingerprint density at radius 1 is 1.08 bits per heavy atom. The summed E-state index contributed by atoms with van der Waals surface area (Å²) in [5, 5.41) is 10.5. The number of thiophene rings is 1. The van der Waals surface area contributed by atoms with Gasteiger partial charge in [-0.1, -0.05) is 30.3 Å². The molecule has 1 aliphatic rings. The van der Waals surface area contributed by atoms with E-state index in [0.29, 0.717) is 0 Å². The SMILES string of the molecule is Cc1c(C#N)sc2nc(-c3ccccc3)nc(N3CCN(C)CC3)c12. The zero-order chi connectivity index (χ0) is 17.4. The number of likely N-dealkylation sites (N-methyl/N-ethyl adjacent to an activating group) is 1. The molecule has 1 saturated heterocycles. The van der Waals surface area contributed by atoms with E-state index >= 15 is 0 Å². The Balaban J connectivity index is 1.91. The van der Waals surface area contributed by atoms with E-state index in [0.717, 1.165) is 64.0 Å². The lowest BCUT2D eigenvalue weighted by Gasteiger charge is -2.33. The molecule has 126 valence electrons. The van der Waals surface area contributed by atoms with Gasteiger partial charge in [-0.05, 0) is 19.5 Å². The average Bonchev–Trinajstić information content (AvgIpc) is 2.98. The molecule has 25 heavy (non-hydrogen) atoms. The normalized spacial score (nSPS) is 15.5. The van der Waals surface area contributed by atoms with Gasteiger partial charge in [-0.2, -0.15) is 5.26 Å². The monoisotopic (exact) mass is 349 g/mol. The van der Waals surface area contributed by atoms with Crippen LogP contribution in [0.5, 0.6) is 0 Å². The zero-order valence-electron chi connectivity index (χ0n) is 14.4.